The van der Waals surface area contributed by atoms with Crippen molar-refractivity contribution in [1.29, 1.82) is 0 Å². The lowest BCUT2D eigenvalue weighted by atomic mass is 10.1. The lowest BCUT2D eigenvalue weighted by Crippen LogP contribution is -1.97. The van der Waals surface area contributed by atoms with Crippen LogP contribution in [0.2, 0.25) is 0 Å². The molecule has 0 spiro atoms. The van der Waals surface area contributed by atoms with E-state index in [0.717, 1.165) is 11.8 Å². The number of nitro benzene ring substituents is 1. The number of benzene rings is 1. The van der Waals surface area contributed by atoms with Crippen LogP contribution in [0.5, 0.6) is 0 Å². The van der Waals surface area contributed by atoms with Crippen molar-refractivity contribution in [3.63, 3.8) is 0 Å². The zero-order chi connectivity index (χ0) is 20.3. The number of furan rings is 1. The highest BCUT2D eigenvalue weighted by Gasteiger charge is 2.16. The zero-order valence-corrected chi connectivity index (χ0v) is 15.8. The summed E-state index contributed by atoms with van der Waals surface area (Å²) in [6, 6.07) is 7.78. The lowest BCUT2D eigenvalue weighted by molar-refractivity contribution is -0.384. The van der Waals surface area contributed by atoms with Gasteiger partial charge in [0, 0.05) is 30.2 Å². The number of nitrogens with zero attached hydrogens (tertiary/aromatic N) is 3. The third kappa shape index (κ3) is 4.29. The maximum atomic E-state index is 11.6. The Morgan fingerprint density at radius 1 is 1.39 bits per heavy atom. The predicted octanol–water partition coefficient (Wildman–Crippen LogP) is 4.06. The minimum absolute atomic E-state index is 0.00275. The Hall–Kier alpha value is -3.40. The summed E-state index contributed by atoms with van der Waals surface area (Å²) in [6.45, 7) is 3.65. The minimum Gasteiger partial charge on any atom is -0.477 e. The summed E-state index contributed by atoms with van der Waals surface area (Å²) in [6.07, 6.45) is 2.05. The van der Waals surface area contributed by atoms with Gasteiger partial charge < -0.3 is 9.52 Å². The lowest BCUT2D eigenvalue weighted by Gasteiger charge is -2.02. The molecule has 0 bridgehead atoms. The molecule has 10 heteroatoms. The molecule has 0 radical (unpaired) electrons. The molecule has 144 valence electrons. The van der Waals surface area contributed by atoms with Crippen molar-refractivity contribution in [2.75, 3.05) is 0 Å². The Morgan fingerprint density at radius 3 is 2.79 bits per heavy atom. The van der Waals surface area contributed by atoms with Crippen LogP contribution in [0.15, 0.2) is 44.8 Å². The average Bonchev–Trinajstić information content (AvgIpc) is 3.30. The van der Waals surface area contributed by atoms with Crippen LogP contribution in [0, 0.1) is 17.0 Å². The Labute approximate surface area is 163 Å². The Kier molecular flexibility index (Phi) is 5.59. The molecule has 0 aliphatic heterocycles. The molecule has 0 amide bonds. The van der Waals surface area contributed by atoms with Crippen molar-refractivity contribution in [2.24, 2.45) is 0 Å². The molecule has 3 rings (SSSR count). The topological polar surface area (TPSA) is 135 Å². The number of H-pyrrole nitrogens is 1. The molecule has 0 saturated heterocycles. The van der Waals surface area contributed by atoms with Gasteiger partial charge in [-0.2, -0.15) is 0 Å². The first-order valence-electron chi connectivity index (χ1n) is 8.26. The van der Waals surface area contributed by atoms with Gasteiger partial charge in [-0.25, -0.2) is 9.78 Å². The third-order valence-corrected chi connectivity index (χ3v) is 4.72. The highest BCUT2D eigenvalue weighted by Crippen LogP contribution is 2.31. The van der Waals surface area contributed by atoms with Crippen LogP contribution >= 0.6 is 11.8 Å². The van der Waals surface area contributed by atoms with E-state index in [0.29, 0.717) is 40.0 Å². The van der Waals surface area contributed by atoms with Gasteiger partial charge in [-0.05, 0) is 42.4 Å². The number of carboxylic acids is 1. The molecule has 2 N–H and O–H groups in total. The molecular weight excluding hydrogens is 384 g/mol. The van der Waals surface area contributed by atoms with Crippen LogP contribution < -0.4 is 0 Å². The zero-order valence-electron chi connectivity index (χ0n) is 15.0. The molecule has 0 unspecified atom stereocenters. The first kappa shape index (κ1) is 19.4. The van der Waals surface area contributed by atoms with E-state index in [4.69, 9.17) is 4.42 Å². The van der Waals surface area contributed by atoms with Gasteiger partial charge in [0.25, 0.3) is 5.69 Å². The molecular formula is C18H16N4O5S. The van der Waals surface area contributed by atoms with Gasteiger partial charge in [0.1, 0.15) is 22.3 Å². The van der Waals surface area contributed by atoms with Gasteiger partial charge in [-0.3, -0.25) is 15.2 Å². The average molecular weight is 400 g/mol. The fourth-order valence-electron chi connectivity index (χ4n) is 2.46. The number of aromatic nitrogens is 3. The fourth-order valence-corrected chi connectivity index (χ4v) is 3.16. The van der Waals surface area contributed by atoms with Crippen LogP contribution in [0.4, 0.5) is 5.69 Å². The van der Waals surface area contributed by atoms with Crippen molar-refractivity contribution >= 4 is 29.5 Å². The summed E-state index contributed by atoms with van der Waals surface area (Å²) in [4.78, 5) is 26.1. The van der Waals surface area contributed by atoms with E-state index < -0.39 is 10.9 Å². The van der Waals surface area contributed by atoms with Crippen molar-refractivity contribution in [3.8, 4) is 11.3 Å². The van der Waals surface area contributed by atoms with Crippen LogP contribution in [0.25, 0.3) is 17.4 Å². The smallest absolute Gasteiger partial charge is 0.342 e. The van der Waals surface area contributed by atoms with Crippen LogP contribution in [0.1, 0.15) is 24.1 Å². The molecule has 1 aromatic carbocycles. The SMILES string of the molecule is CCc1nc(S/C(=C/c2ccc(-c3ccc([N+](=O)[O-])cc3C)o2)C(=O)O)n[nH]1. The molecule has 28 heavy (non-hydrogen) atoms. The predicted molar refractivity (Wildman–Crippen MR) is 103 cm³/mol. The highest BCUT2D eigenvalue weighted by molar-refractivity contribution is 8.04. The van der Waals surface area contributed by atoms with Crippen molar-refractivity contribution in [3.05, 3.63) is 62.5 Å². The van der Waals surface area contributed by atoms with E-state index in [9.17, 15) is 20.0 Å². The number of rotatable bonds is 7. The standard InChI is InChI=1S/C18H16N4O5S/c1-3-16-19-18(21-20-16)28-15(17(23)24)9-12-5-7-14(27-12)13-6-4-11(22(25)26)8-10(13)2/h4-9H,3H2,1-2H3,(H,23,24)(H,19,20,21)/b15-9+. The number of hydrogen-bond acceptors (Lipinski definition) is 7. The maximum absolute atomic E-state index is 11.6. The number of aromatic amines is 1. The molecule has 9 nitrogen and oxygen atoms in total. The first-order valence-corrected chi connectivity index (χ1v) is 9.08. The van der Waals surface area contributed by atoms with Gasteiger partial charge in [-0.1, -0.05) is 6.92 Å². The van der Waals surface area contributed by atoms with Crippen molar-refractivity contribution in [1.82, 2.24) is 15.2 Å². The fraction of sp³-hybridized carbons (Fsp3) is 0.167. The number of nitro groups is 1. The summed E-state index contributed by atoms with van der Waals surface area (Å²) >= 11 is 0.914. The van der Waals surface area contributed by atoms with Gasteiger partial charge in [0.15, 0.2) is 0 Å². The number of hydrogen-bond donors (Lipinski definition) is 2. The Morgan fingerprint density at radius 2 is 2.18 bits per heavy atom. The number of thioether (sulfide) groups is 1. The molecule has 3 aromatic rings. The molecule has 2 aromatic heterocycles. The van der Waals surface area contributed by atoms with E-state index in [1.165, 1.54) is 18.2 Å². The van der Waals surface area contributed by atoms with E-state index in [-0.39, 0.29) is 10.6 Å². The van der Waals surface area contributed by atoms with Crippen molar-refractivity contribution < 1.29 is 19.2 Å². The number of carbonyl (C=O) groups is 1. The summed E-state index contributed by atoms with van der Waals surface area (Å²) in [5.41, 5.74) is 1.37. The second-order valence-electron chi connectivity index (χ2n) is 5.79. The number of nitrogens with one attached hydrogen (secondary N) is 1. The summed E-state index contributed by atoms with van der Waals surface area (Å²) < 4.78 is 5.72. The minimum atomic E-state index is -1.13. The summed E-state index contributed by atoms with van der Waals surface area (Å²) in [5.74, 6) is 0.363. The van der Waals surface area contributed by atoms with E-state index in [1.807, 2.05) is 6.92 Å². The molecule has 0 atom stereocenters. The largest absolute Gasteiger partial charge is 0.477 e. The molecule has 0 fully saturated rings. The van der Waals surface area contributed by atoms with Crippen molar-refractivity contribution in [2.45, 2.75) is 25.4 Å². The summed E-state index contributed by atoms with van der Waals surface area (Å²) in [7, 11) is 0. The third-order valence-electron chi connectivity index (χ3n) is 3.84. The van der Waals surface area contributed by atoms with Gasteiger partial charge in [0.2, 0.25) is 5.16 Å². The van der Waals surface area contributed by atoms with Gasteiger partial charge >= 0.3 is 5.97 Å². The molecule has 0 aliphatic rings. The van der Waals surface area contributed by atoms with Gasteiger partial charge in [-0.15, -0.1) is 5.10 Å². The molecule has 0 saturated carbocycles. The first-order chi connectivity index (χ1) is 13.4. The number of aryl methyl sites for hydroxylation is 2. The molecule has 2 heterocycles. The molecule has 0 aliphatic carbocycles. The van der Waals surface area contributed by atoms with Crippen LogP contribution in [-0.2, 0) is 11.2 Å². The quantitative estimate of drug-likeness (QED) is 0.262. The van der Waals surface area contributed by atoms with E-state index in [2.05, 4.69) is 15.2 Å². The number of non-ortho nitro benzene ring substituents is 1. The number of aliphatic carboxylic acids is 1. The second-order valence-corrected chi connectivity index (χ2v) is 6.80. The van der Waals surface area contributed by atoms with Gasteiger partial charge in [0.05, 0.1) is 4.92 Å². The summed E-state index contributed by atoms with van der Waals surface area (Å²) in [5, 5.41) is 27.3. The maximum Gasteiger partial charge on any atom is 0.342 e. The Bertz CT molecular complexity index is 1070. The van der Waals surface area contributed by atoms with Crippen LogP contribution in [0.3, 0.4) is 0 Å². The van der Waals surface area contributed by atoms with E-state index in [1.54, 1.807) is 25.1 Å². The normalized spacial score (nSPS) is 11.6. The monoisotopic (exact) mass is 400 g/mol. The second kappa shape index (κ2) is 8.09. The number of carboxylic acid groups (broad SMARTS) is 1. The highest BCUT2D eigenvalue weighted by atomic mass is 32.2. The van der Waals surface area contributed by atoms with E-state index >= 15 is 0 Å². The van der Waals surface area contributed by atoms with Crippen LogP contribution in [-0.4, -0.2) is 31.2 Å². The Balaban J connectivity index is 1.86.